The topological polar surface area (TPSA) is 55.3 Å². The summed E-state index contributed by atoms with van der Waals surface area (Å²) in [6, 6.07) is 7.38. The fourth-order valence-corrected chi connectivity index (χ4v) is 2.79. The van der Waals surface area contributed by atoms with Crippen molar-refractivity contribution in [3.05, 3.63) is 29.3 Å². The minimum atomic E-state index is 0. The van der Waals surface area contributed by atoms with Gasteiger partial charge in [-0.1, -0.05) is 11.6 Å². The van der Waals surface area contributed by atoms with Gasteiger partial charge in [0.2, 0.25) is 0 Å². The Labute approximate surface area is 184 Å². The van der Waals surface area contributed by atoms with Gasteiger partial charge >= 0.3 is 0 Å². The smallest absolute Gasteiger partial charge is 0.193 e. The molecule has 0 saturated carbocycles. The molecule has 1 saturated heterocycles. The Balaban J connectivity index is 0.00000364. The number of guanidine groups is 1. The van der Waals surface area contributed by atoms with E-state index in [-0.39, 0.29) is 24.0 Å². The van der Waals surface area contributed by atoms with E-state index in [1.165, 1.54) is 0 Å². The molecule has 0 amide bonds. The minimum Gasteiger partial charge on any atom is -0.492 e. The van der Waals surface area contributed by atoms with Crippen LogP contribution >= 0.6 is 35.6 Å². The lowest BCUT2D eigenvalue weighted by molar-refractivity contribution is 0.0887. The maximum Gasteiger partial charge on any atom is 0.193 e. The van der Waals surface area contributed by atoms with Crippen molar-refractivity contribution >= 4 is 41.5 Å². The van der Waals surface area contributed by atoms with Gasteiger partial charge in [-0.15, -0.1) is 24.0 Å². The molecule has 1 aliphatic heterocycles. The van der Waals surface area contributed by atoms with Crippen molar-refractivity contribution in [1.29, 1.82) is 0 Å². The molecule has 1 aliphatic rings. The molecule has 1 heterocycles. The molecule has 8 heteroatoms. The molecule has 1 atom stereocenters. The molecule has 6 nitrogen and oxygen atoms in total. The van der Waals surface area contributed by atoms with E-state index in [0.29, 0.717) is 17.5 Å². The zero-order chi connectivity index (χ0) is 18.6. The SMILES string of the molecule is CN=C(NCCCOCC1CCOC1)N(C)CCOc1ccc(Cl)cc1.I. The monoisotopic (exact) mass is 511 g/mol. The Hall–Kier alpha value is -0.770. The molecule has 0 spiro atoms. The first-order chi connectivity index (χ1) is 12.7. The Bertz CT molecular complexity index is 540. The lowest BCUT2D eigenvalue weighted by atomic mass is 10.1. The van der Waals surface area contributed by atoms with Crippen LogP contribution in [0.1, 0.15) is 12.8 Å². The molecule has 0 aliphatic carbocycles. The van der Waals surface area contributed by atoms with Crippen molar-refractivity contribution in [2.24, 2.45) is 10.9 Å². The van der Waals surface area contributed by atoms with Crippen LogP contribution in [0.25, 0.3) is 0 Å². The van der Waals surface area contributed by atoms with Crippen LogP contribution < -0.4 is 10.1 Å². The number of hydrogen-bond acceptors (Lipinski definition) is 4. The number of benzene rings is 1. The van der Waals surface area contributed by atoms with Gasteiger partial charge in [0.25, 0.3) is 0 Å². The maximum absolute atomic E-state index is 5.87. The van der Waals surface area contributed by atoms with Crippen molar-refractivity contribution in [3.8, 4) is 5.75 Å². The maximum atomic E-state index is 5.87. The van der Waals surface area contributed by atoms with E-state index in [9.17, 15) is 0 Å². The highest BCUT2D eigenvalue weighted by molar-refractivity contribution is 14.0. The zero-order valence-corrected chi connectivity index (χ0v) is 19.2. The first-order valence-electron chi connectivity index (χ1n) is 9.14. The fraction of sp³-hybridized carbons (Fsp3) is 0.632. The lowest BCUT2D eigenvalue weighted by Gasteiger charge is -2.22. The number of rotatable bonds is 10. The molecule has 154 valence electrons. The first-order valence-corrected chi connectivity index (χ1v) is 9.52. The largest absolute Gasteiger partial charge is 0.492 e. The number of halogens is 2. The summed E-state index contributed by atoms with van der Waals surface area (Å²) in [6.45, 7) is 5.41. The van der Waals surface area contributed by atoms with Crippen LogP contribution in [0.15, 0.2) is 29.3 Å². The molecule has 27 heavy (non-hydrogen) atoms. The lowest BCUT2D eigenvalue weighted by Crippen LogP contribution is -2.41. The van der Waals surface area contributed by atoms with E-state index < -0.39 is 0 Å². The van der Waals surface area contributed by atoms with Crippen LogP contribution in [-0.2, 0) is 9.47 Å². The van der Waals surface area contributed by atoms with Crippen LogP contribution in [0.2, 0.25) is 5.02 Å². The van der Waals surface area contributed by atoms with E-state index in [4.69, 9.17) is 25.8 Å². The van der Waals surface area contributed by atoms with E-state index in [1.807, 2.05) is 36.2 Å². The van der Waals surface area contributed by atoms with Crippen LogP contribution in [0.5, 0.6) is 5.75 Å². The zero-order valence-electron chi connectivity index (χ0n) is 16.2. The number of nitrogens with zero attached hydrogens (tertiary/aromatic N) is 2. The summed E-state index contributed by atoms with van der Waals surface area (Å²) in [5.41, 5.74) is 0. The second-order valence-electron chi connectivity index (χ2n) is 6.36. The molecule has 1 fully saturated rings. The average Bonchev–Trinajstić information content (AvgIpc) is 3.16. The molecule has 0 radical (unpaired) electrons. The second kappa shape index (κ2) is 14.3. The summed E-state index contributed by atoms with van der Waals surface area (Å²) >= 11 is 5.87. The number of likely N-dealkylation sites (N-methyl/N-ethyl adjacent to an activating group) is 1. The highest BCUT2D eigenvalue weighted by atomic mass is 127. The number of nitrogens with one attached hydrogen (secondary N) is 1. The van der Waals surface area contributed by atoms with E-state index >= 15 is 0 Å². The van der Waals surface area contributed by atoms with Crippen LogP contribution in [0.4, 0.5) is 0 Å². The Morgan fingerprint density at radius 1 is 1.33 bits per heavy atom. The Morgan fingerprint density at radius 3 is 2.78 bits per heavy atom. The fourth-order valence-electron chi connectivity index (χ4n) is 2.66. The summed E-state index contributed by atoms with van der Waals surface area (Å²) in [7, 11) is 3.78. The van der Waals surface area contributed by atoms with Gasteiger partial charge in [-0.2, -0.15) is 0 Å². The highest BCUT2D eigenvalue weighted by Crippen LogP contribution is 2.15. The van der Waals surface area contributed by atoms with Crippen molar-refractivity contribution in [3.63, 3.8) is 0 Å². The summed E-state index contributed by atoms with van der Waals surface area (Å²) in [5.74, 6) is 2.24. The van der Waals surface area contributed by atoms with Gasteiger partial charge in [0, 0.05) is 44.8 Å². The van der Waals surface area contributed by atoms with Gasteiger partial charge in [0.05, 0.1) is 19.8 Å². The van der Waals surface area contributed by atoms with Gasteiger partial charge in [-0.05, 0) is 37.1 Å². The average molecular weight is 512 g/mol. The third-order valence-corrected chi connectivity index (χ3v) is 4.46. The van der Waals surface area contributed by atoms with Gasteiger partial charge in [0.1, 0.15) is 12.4 Å². The first kappa shape index (κ1) is 24.3. The third kappa shape index (κ3) is 9.82. The summed E-state index contributed by atoms with van der Waals surface area (Å²) in [6.07, 6.45) is 2.06. The third-order valence-electron chi connectivity index (χ3n) is 4.21. The number of ether oxygens (including phenoxy) is 3. The van der Waals surface area contributed by atoms with E-state index in [0.717, 1.165) is 64.1 Å². The van der Waals surface area contributed by atoms with Gasteiger partial charge in [-0.25, -0.2) is 0 Å². The number of aliphatic imine (C=N–C) groups is 1. The molecule has 1 unspecified atom stereocenters. The van der Waals surface area contributed by atoms with Crippen LogP contribution in [0.3, 0.4) is 0 Å². The summed E-state index contributed by atoms with van der Waals surface area (Å²) in [4.78, 5) is 6.36. The Kier molecular flexibility index (Phi) is 12.8. The second-order valence-corrected chi connectivity index (χ2v) is 6.79. The van der Waals surface area contributed by atoms with E-state index in [1.54, 1.807) is 7.05 Å². The van der Waals surface area contributed by atoms with Crippen molar-refractivity contribution in [2.75, 3.05) is 60.2 Å². The molecule has 1 aromatic rings. The van der Waals surface area contributed by atoms with Crippen molar-refractivity contribution in [2.45, 2.75) is 12.8 Å². The predicted octanol–water partition coefficient (Wildman–Crippen LogP) is 3.29. The quantitative estimate of drug-likeness (QED) is 0.226. The molecule has 1 N–H and O–H groups in total. The minimum absolute atomic E-state index is 0. The van der Waals surface area contributed by atoms with Gasteiger partial charge in [-0.3, -0.25) is 4.99 Å². The number of hydrogen-bond donors (Lipinski definition) is 1. The molecule has 0 bridgehead atoms. The van der Waals surface area contributed by atoms with Crippen molar-refractivity contribution in [1.82, 2.24) is 10.2 Å². The van der Waals surface area contributed by atoms with Crippen LogP contribution in [0, 0.1) is 5.92 Å². The summed E-state index contributed by atoms with van der Waals surface area (Å²) < 4.78 is 16.8. The van der Waals surface area contributed by atoms with Gasteiger partial charge < -0.3 is 24.4 Å². The Morgan fingerprint density at radius 2 is 2.11 bits per heavy atom. The molecular formula is C19H31ClIN3O3. The normalized spacial score (nSPS) is 16.7. The predicted molar refractivity (Wildman–Crippen MR) is 121 cm³/mol. The molecule has 2 rings (SSSR count). The van der Waals surface area contributed by atoms with Crippen molar-refractivity contribution < 1.29 is 14.2 Å². The van der Waals surface area contributed by atoms with E-state index in [2.05, 4.69) is 10.3 Å². The summed E-state index contributed by atoms with van der Waals surface area (Å²) in [5, 5.41) is 4.06. The molecular weight excluding hydrogens is 481 g/mol. The van der Waals surface area contributed by atoms with Crippen LogP contribution in [-0.4, -0.2) is 71.1 Å². The molecule has 1 aromatic carbocycles. The highest BCUT2D eigenvalue weighted by Gasteiger charge is 2.15. The molecule has 0 aromatic heterocycles. The van der Waals surface area contributed by atoms with Gasteiger partial charge in [0.15, 0.2) is 5.96 Å². The standard InChI is InChI=1S/C19H30ClN3O3.HI/c1-21-19(22-9-3-11-24-14-16-8-12-25-15-16)23(2)10-13-26-18-6-4-17(20)5-7-18;/h4-7,16H,3,8-15H2,1-2H3,(H,21,22);1H.